The van der Waals surface area contributed by atoms with Gasteiger partial charge in [-0.2, -0.15) is 8.78 Å². The van der Waals surface area contributed by atoms with E-state index in [-0.39, 0.29) is 19.6 Å². The van der Waals surface area contributed by atoms with Gasteiger partial charge in [-0.15, -0.1) is 0 Å². The average Bonchev–Trinajstić information content (AvgIpc) is 3.48. The maximum atomic E-state index is 15.1. The second-order valence-electron chi connectivity index (χ2n) is 8.03. The lowest BCUT2D eigenvalue weighted by molar-refractivity contribution is -0.151. The zero-order chi connectivity index (χ0) is 23.6. The number of likely N-dealkylation sites (tertiary alicyclic amines) is 1. The molecular formula is C24H28ClF2N3O4. The van der Waals surface area contributed by atoms with E-state index in [0.29, 0.717) is 21.9 Å². The van der Waals surface area contributed by atoms with Gasteiger partial charge in [0, 0.05) is 34.8 Å². The van der Waals surface area contributed by atoms with Gasteiger partial charge in [0.25, 0.3) is 5.91 Å². The van der Waals surface area contributed by atoms with Crippen LogP contribution in [-0.4, -0.2) is 53.7 Å². The van der Waals surface area contributed by atoms with Gasteiger partial charge in [0.1, 0.15) is 11.7 Å². The van der Waals surface area contributed by atoms with E-state index in [1.807, 2.05) is 4.90 Å². The molecule has 1 fully saturated rings. The summed E-state index contributed by atoms with van der Waals surface area (Å²) in [5, 5.41) is 14.0. The first-order valence-electron chi connectivity index (χ1n) is 10.6. The van der Waals surface area contributed by atoms with E-state index in [1.165, 1.54) is 31.5 Å². The molecule has 1 amide bonds. The van der Waals surface area contributed by atoms with Gasteiger partial charge in [0.05, 0.1) is 13.2 Å². The zero-order valence-corrected chi connectivity index (χ0v) is 18.7. The van der Waals surface area contributed by atoms with E-state index < -0.39 is 29.7 Å². The standard InChI is InChI=1S/C23H24ClF2N3O4.CH4/c1-32-20-7-4-14(12-27-20)21(30)17(13-29-8-2-3-9-29)28-22(31)23(25,26)19-11-15-10-16(24)5-6-18(15)33-19;/h4-7,10-12,17,21,30H,2-3,8-9,13H2,1H3,(H,28,31);1H4/t17-,21-;/m1./s1. The molecule has 7 nitrogen and oxygen atoms in total. The van der Waals surface area contributed by atoms with Crippen LogP contribution in [0, 0.1) is 0 Å². The third kappa shape index (κ3) is 5.48. The van der Waals surface area contributed by atoms with E-state index in [0.717, 1.165) is 32.0 Å². The van der Waals surface area contributed by atoms with Crippen molar-refractivity contribution in [3.05, 3.63) is 58.9 Å². The highest BCUT2D eigenvalue weighted by Gasteiger charge is 2.46. The number of aromatic nitrogens is 1. The first kappa shape index (κ1) is 25.9. The number of hydrogen-bond acceptors (Lipinski definition) is 6. The molecule has 0 unspecified atom stereocenters. The predicted octanol–water partition coefficient (Wildman–Crippen LogP) is 4.53. The number of ether oxygens (including phenoxy) is 1. The minimum absolute atomic E-state index is 0. The first-order valence-corrected chi connectivity index (χ1v) is 10.9. The number of fused-ring (bicyclic) bond motifs is 1. The molecule has 0 saturated carbocycles. The summed E-state index contributed by atoms with van der Waals surface area (Å²) in [5.74, 6) is -5.95. The maximum absolute atomic E-state index is 15.1. The Morgan fingerprint density at radius 3 is 2.68 bits per heavy atom. The minimum Gasteiger partial charge on any atom is -0.481 e. The van der Waals surface area contributed by atoms with Crippen LogP contribution in [0.15, 0.2) is 47.0 Å². The number of carbonyl (C=O) groups is 1. The van der Waals surface area contributed by atoms with E-state index in [9.17, 15) is 9.90 Å². The number of halogens is 3. The summed E-state index contributed by atoms with van der Waals surface area (Å²) in [7, 11) is 1.46. The number of nitrogens with zero attached hydrogens (tertiary/aromatic N) is 2. The van der Waals surface area contributed by atoms with Crippen LogP contribution in [0.1, 0.15) is 37.7 Å². The lowest BCUT2D eigenvalue weighted by Crippen LogP contribution is -2.50. The molecule has 4 rings (SSSR count). The number of alkyl halides is 2. The highest BCUT2D eigenvalue weighted by atomic mass is 35.5. The highest BCUT2D eigenvalue weighted by Crippen LogP contribution is 2.34. The van der Waals surface area contributed by atoms with Gasteiger partial charge >= 0.3 is 5.92 Å². The van der Waals surface area contributed by atoms with Crippen molar-refractivity contribution in [2.24, 2.45) is 0 Å². The molecule has 0 bridgehead atoms. The second-order valence-corrected chi connectivity index (χ2v) is 8.47. The summed E-state index contributed by atoms with van der Waals surface area (Å²) < 4.78 is 40.4. The molecule has 2 N–H and O–H groups in total. The van der Waals surface area contributed by atoms with Crippen LogP contribution in [0.4, 0.5) is 8.78 Å². The lowest BCUT2D eigenvalue weighted by Gasteiger charge is -2.29. The average molecular weight is 496 g/mol. The Labute approximate surface area is 201 Å². The van der Waals surface area contributed by atoms with Crippen molar-refractivity contribution in [2.75, 3.05) is 26.7 Å². The number of pyridine rings is 1. The molecule has 2 aromatic heterocycles. The van der Waals surface area contributed by atoms with Gasteiger partial charge in [-0.1, -0.05) is 19.0 Å². The Hall–Kier alpha value is -2.75. The van der Waals surface area contributed by atoms with E-state index in [4.69, 9.17) is 20.8 Å². The van der Waals surface area contributed by atoms with Crippen LogP contribution in [0.2, 0.25) is 5.02 Å². The molecule has 0 radical (unpaired) electrons. The molecule has 10 heteroatoms. The Kier molecular flexibility index (Phi) is 8.12. The minimum atomic E-state index is -3.95. The number of amides is 1. The van der Waals surface area contributed by atoms with E-state index in [2.05, 4.69) is 10.3 Å². The molecule has 3 aromatic rings. The number of aliphatic hydroxyl groups excluding tert-OH is 1. The van der Waals surface area contributed by atoms with Crippen LogP contribution in [0.25, 0.3) is 11.0 Å². The van der Waals surface area contributed by atoms with Gasteiger partial charge in [-0.25, -0.2) is 4.98 Å². The van der Waals surface area contributed by atoms with Crippen molar-refractivity contribution < 1.29 is 27.8 Å². The molecule has 1 aromatic carbocycles. The monoisotopic (exact) mass is 495 g/mol. The van der Waals surface area contributed by atoms with Gasteiger partial charge in [-0.3, -0.25) is 4.79 Å². The molecule has 1 saturated heterocycles. The first-order chi connectivity index (χ1) is 15.8. The quantitative estimate of drug-likeness (QED) is 0.477. The number of hydrogen-bond donors (Lipinski definition) is 2. The molecule has 2 atom stereocenters. The molecule has 0 aliphatic carbocycles. The molecule has 0 spiro atoms. The maximum Gasteiger partial charge on any atom is 0.380 e. The zero-order valence-electron chi connectivity index (χ0n) is 17.9. The summed E-state index contributed by atoms with van der Waals surface area (Å²) in [6.45, 7) is 1.74. The molecule has 34 heavy (non-hydrogen) atoms. The van der Waals surface area contributed by atoms with E-state index in [1.54, 1.807) is 12.1 Å². The SMILES string of the molecule is C.COc1ccc([C@@H](O)[C@@H](CN2CCCC2)NC(=O)C(F)(F)c2cc3cc(Cl)ccc3o2)cn1. The van der Waals surface area contributed by atoms with Crippen LogP contribution >= 0.6 is 11.6 Å². The smallest absolute Gasteiger partial charge is 0.380 e. The third-order valence-corrected chi connectivity index (χ3v) is 5.97. The van der Waals surface area contributed by atoms with Crippen molar-refractivity contribution in [1.29, 1.82) is 0 Å². The molecule has 184 valence electrons. The number of rotatable bonds is 8. The fourth-order valence-corrected chi connectivity index (χ4v) is 4.11. The van der Waals surface area contributed by atoms with Crippen molar-refractivity contribution in [2.45, 2.75) is 38.3 Å². The Bertz CT molecular complexity index is 1120. The van der Waals surface area contributed by atoms with Crippen LogP contribution in [-0.2, 0) is 10.7 Å². The van der Waals surface area contributed by atoms with Crippen molar-refractivity contribution in [3.63, 3.8) is 0 Å². The number of aliphatic hydroxyl groups is 1. The number of carbonyl (C=O) groups excluding carboxylic acids is 1. The summed E-state index contributed by atoms with van der Waals surface area (Å²) in [6.07, 6.45) is 2.09. The molecule has 1 aliphatic heterocycles. The second kappa shape index (κ2) is 10.7. The Balaban J connectivity index is 0.00000324. The fourth-order valence-electron chi connectivity index (χ4n) is 3.93. The summed E-state index contributed by atoms with van der Waals surface area (Å²) in [5.41, 5.74) is 0.571. The number of benzene rings is 1. The Morgan fingerprint density at radius 2 is 2.03 bits per heavy atom. The number of furan rings is 1. The largest absolute Gasteiger partial charge is 0.481 e. The van der Waals surface area contributed by atoms with E-state index >= 15 is 8.78 Å². The van der Waals surface area contributed by atoms with Crippen molar-refractivity contribution in [3.8, 4) is 5.88 Å². The molecular weight excluding hydrogens is 468 g/mol. The van der Waals surface area contributed by atoms with Crippen LogP contribution < -0.4 is 10.1 Å². The van der Waals surface area contributed by atoms with Crippen LogP contribution in [0.3, 0.4) is 0 Å². The molecule has 3 heterocycles. The third-order valence-electron chi connectivity index (χ3n) is 5.73. The number of nitrogens with one attached hydrogen (secondary N) is 1. The van der Waals surface area contributed by atoms with Gasteiger partial charge < -0.3 is 24.5 Å². The fraction of sp³-hybridized carbons (Fsp3) is 0.417. The van der Waals surface area contributed by atoms with Gasteiger partial charge in [-0.05, 0) is 56.3 Å². The van der Waals surface area contributed by atoms with Gasteiger partial charge in [0.15, 0.2) is 5.76 Å². The predicted molar refractivity (Wildman–Crippen MR) is 125 cm³/mol. The number of methoxy groups -OCH3 is 1. The topological polar surface area (TPSA) is 87.8 Å². The summed E-state index contributed by atoms with van der Waals surface area (Å²) in [4.78, 5) is 18.8. The summed E-state index contributed by atoms with van der Waals surface area (Å²) >= 11 is 5.91. The highest BCUT2D eigenvalue weighted by molar-refractivity contribution is 6.31. The van der Waals surface area contributed by atoms with Gasteiger partial charge in [0.2, 0.25) is 5.88 Å². The van der Waals surface area contributed by atoms with Crippen molar-refractivity contribution >= 4 is 28.5 Å². The molecule has 1 aliphatic rings. The summed E-state index contributed by atoms with van der Waals surface area (Å²) in [6, 6.07) is 7.71. The lowest BCUT2D eigenvalue weighted by atomic mass is 10.0. The van der Waals surface area contributed by atoms with Crippen LogP contribution in [0.5, 0.6) is 5.88 Å². The Morgan fingerprint density at radius 1 is 1.29 bits per heavy atom. The normalized spacial score (nSPS) is 16.1. The van der Waals surface area contributed by atoms with Crippen molar-refractivity contribution in [1.82, 2.24) is 15.2 Å².